The van der Waals surface area contributed by atoms with Crippen molar-refractivity contribution in [3.8, 4) is 17.0 Å². The highest BCUT2D eigenvalue weighted by Crippen LogP contribution is 2.43. The number of aromatic amines is 1. The van der Waals surface area contributed by atoms with E-state index in [1.165, 1.54) is 0 Å². The van der Waals surface area contributed by atoms with Crippen molar-refractivity contribution in [2.45, 2.75) is 26.3 Å². The van der Waals surface area contributed by atoms with Gasteiger partial charge in [-0.3, -0.25) is 9.89 Å². The fourth-order valence-corrected chi connectivity index (χ4v) is 3.88. The molecule has 4 rings (SSSR count). The zero-order valence-corrected chi connectivity index (χ0v) is 16.7. The molecule has 1 unspecified atom stereocenters. The van der Waals surface area contributed by atoms with Crippen LogP contribution in [0, 0.1) is 0 Å². The van der Waals surface area contributed by atoms with Crippen LogP contribution < -0.4 is 4.74 Å². The summed E-state index contributed by atoms with van der Waals surface area (Å²) in [6, 6.07) is 15.3. The van der Waals surface area contributed by atoms with Gasteiger partial charge in [-0.25, -0.2) is 0 Å². The summed E-state index contributed by atoms with van der Waals surface area (Å²) in [7, 11) is 0. The van der Waals surface area contributed by atoms with Crippen LogP contribution in [0.4, 0.5) is 0 Å². The quantitative estimate of drug-likeness (QED) is 0.632. The SMILES string of the molecule is CCCN1C(=O)c2[nH]nc(-c3ccc(Cl)cc3)c2C1c1ccc(OCC)cc1. The Balaban J connectivity index is 1.81. The number of halogens is 1. The summed E-state index contributed by atoms with van der Waals surface area (Å²) in [6.07, 6.45) is 0.882. The monoisotopic (exact) mass is 395 g/mol. The minimum absolute atomic E-state index is 0.0107. The predicted molar refractivity (Wildman–Crippen MR) is 110 cm³/mol. The van der Waals surface area contributed by atoms with E-state index in [-0.39, 0.29) is 11.9 Å². The first-order valence-corrected chi connectivity index (χ1v) is 9.89. The van der Waals surface area contributed by atoms with Gasteiger partial charge in [0.25, 0.3) is 5.91 Å². The zero-order chi connectivity index (χ0) is 19.7. The van der Waals surface area contributed by atoms with Gasteiger partial charge in [0.2, 0.25) is 0 Å². The molecule has 28 heavy (non-hydrogen) atoms. The lowest BCUT2D eigenvalue weighted by atomic mass is 9.96. The second-order valence-corrected chi connectivity index (χ2v) is 7.21. The number of nitrogens with zero attached hydrogens (tertiary/aromatic N) is 2. The summed E-state index contributed by atoms with van der Waals surface area (Å²) in [5.41, 5.74) is 4.25. The van der Waals surface area contributed by atoms with E-state index in [2.05, 4.69) is 17.1 Å². The molecular weight excluding hydrogens is 374 g/mol. The van der Waals surface area contributed by atoms with Crippen molar-refractivity contribution >= 4 is 17.5 Å². The number of H-pyrrole nitrogens is 1. The molecule has 6 heteroatoms. The number of aromatic nitrogens is 2. The Morgan fingerprint density at radius 2 is 1.82 bits per heavy atom. The molecule has 1 amide bonds. The summed E-state index contributed by atoms with van der Waals surface area (Å²) in [4.78, 5) is 15.0. The van der Waals surface area contributed by atoms with E-state index in [0.717, 1.165) is 34.6 Å². The molecule has 0 saturated heterocycles. The van der Waals surface area contributed by atoms with Gasteiger partial charge in [0.1, 0.15) is 11.4 Å². The van der Waals surface area contributed by atoms with E-state index in [4.69, 9.17) is 16.3 Å². The van der Waals surface area contributed by atoms with Gasteiger partial charge in [-0.2, -0.15) is 5.10 Å². The van der Waals surface area contributed by atoms with E-state index in [0.29, 0.717) is 23.9 Å². The first kappa shape index (κ1) is 18.6. The number of carbonyl (C=O) groups is 1. The van der Waals surface area contributed by atoms with Crippen molar-refractivity contribution in [1.29, 1.82) is 0 Å². The van der Waals surface area contributed by atoms with Crippen LogP contribution in [0.25, 0.3) is 11.3 Å². The maximum absolute atomic E-state index is 13.0. The normalized spacial score (nSPS) is 15.8. The highest BCUT2D eigenvalue weighted by molar-refractivity contribution is 6.30. The molecule has 0 fully saturated rings. The van der Waals surface area contributed by atoms with Gasteiger partial charge in [-0.1, -0.05) is 42.8 Å². The topological polar surface area (TPSA) is 58.2 Å². The van der Waals surface area contributed by atoms with Gasteiger partial charge in [0.05, 0.1) is 18.3 Å². The number of nitrogens with one attached hydrogen (secondary N) is 1. The molecule has 2 heterocycles. The largest absolute Gasteiger partial charge is 0.494 e. The number of benzene rings is 2. The lowest BCUT2D eigenvalue weighted by Gasteiger charge is -2.26. The fraction of sp³-hybridized carbons (Fsp3) is 0.273. The summed E-state index contributed by atoms with van der Waals surface area (Å²) >= 11 is 6.04. The molecule has 1 aliphatic heterocycles. The lowest BCUT2D eigenvalue weighted by Crippen LogP contribution is -2.30. The van der Waals surface area contributed by atoms with Gasteiger partial charge in [0.15, 0.2) is 0 Å². The van der Waals surface area contributed by atoms with Crippen LogP contribution in [0.15, 0.2) is 48.5 Å². The van der Waals surface area contributed by atoms with Crippen molar-refractivity contribution in [3.63, 3.8) is 0 Å². The molecule has 1 aromatic heterocycles. The molecule has 3 aromatic rings. The molecule has 0 bridgehead atoms. The van der Waals surface area contributed by atoms with Gasteiger partial charge in [0, 0.05) is 22.7 Å². The molecule has 0 spiro atoms. The summed E-state index contributed by atoms with van der Waals surface area (Å²) in [5, 5.41) is 8.10. The first-order valence-electron chi connectivity index (χ1n) is 9.52. The number of amides is 1. The molecule has 0 radical (unpaired) electrons. The lowest BCUT2D eigenvalue weighted by molar-refractivity contribution is 0.0744. The van der Waals surface area contributed by atoms with E-state index in [1.807, 2.05) is 60.4 Å². The Hall–Kier alpha value is -2.79. The number of fused-ring (bicyclic) bond motifs is 1. The van der Waals surface area contributed by atoms with Crippen molar-refractivity contribution in [3.05, 3.63) is 70.4 Å². The maximum Gasteiger partial charge on any atom is 0.273 e. The van der Waals surface area contributed by atoms with Crippen molar-refractivity contribution in [1.82, 2.24) is 15.1 Å². The zero-order valence-electron chi connectivity index (χ0n) is 15.9. The summed E-state index contributed by atoms with van der Waals surface area (Å²) in [6.45, 7) is 5.34. The van der Waals surface area contributed by atoms with Crippen LogP contribution in [0.3, 0.4) is 0 Å². The molecule has 2 aromatic carbocycles. The Labute approximate surface area is 169 Å². The third kappa shape index (κ3) is 3.16. The average molecular weight is 396 g/mol. The Morgan fingerprint density at radius 3 is 2.46 bits per heavy atom. The van der Waals surface area contributed by atoms with E-state index in [1.54, 1.807) is 0 Å². The number of hydrogen-bond acceptors (Lipinski definition) is 3. The van der Waals surface area contributed by atoms with Crippen molar-refractivity contribution in [2.75, 3.05) is 13.2 Å². The number of hydrogen-bond donors (Lipinski definition) is 1. The Morgan fingerprint density at radius 1 is 1.11 bits per heavy atom. The van der Waals surface area contributed by atoms with Crippen LogP contribution in [0.1, 0.15) is 47.9 Å². The van der Waals surface area contributed by atoms with Gasteiger partial charge < -0.3 is 9.64 Å². The summed E-state index contributed by atoms with van der Waals surface area (Å²) < 4.78 is 5.57. The third-order valence-electron chi connectivity index (χ3n) is 4.95. The number of ether oxygens (including phenoxy) is 1. The minimum Gasteiger partial charge on any atom is -0.494 e. The fourth-order valence-electron chi connectivity index (χ4n) is 3.76. The van der Waals surface area contributed by atoms with Crippen LogP contribution in [0.5, 0.6) is 5.75 Å². The molecule has 144 valence electrons. The van der Waals surface area contributed by atoms with E-state index in [9.17, 15) is 4.79 Å². The smallest absolute Gasteiger partial charge is 0.273 e. The molecule has 0 saturated carbocycles. The predicted octanol–water partition coefficient (Wildman–Crippen LogP) is 5.08. The molecule has 0 aliphatic carbocycles. The standard InChI is InChI=1S/C22H22ClN3O2/c1-3-13-26-21(15-7-11-17(12-8-15)28-4-2)18-19(24-25-20(18)22(26)27)14-5-9-16(23)10-6-14/h5-12,21H,3-4,13H2,1-2H3,(H,24,25). The third-order valence-corrected chi connectivity index (χ3v) is 5.20. The minimum atomic E-state index is -0.178. The van der Waals surface area contributed by atoms with Crippen LogP contribution in [-0.2, 0) is 0 Å². The van der Waals surface area contributed by atoms with Gasteiger partial charge >= 0.3 is 0 Å². The molecular formula is C22H22ClN3O2. The summed E-state index contributed by atoms with van der Waals surface area (Å²) in [5.74, 6) is 0.811. The van der Waals surface area contributed by atoms with Crippen LogP contribution in [0.2, 0.25) is 5.02 Å². The average Bonchev–Trinajstić information content (AvgIpc) is 3.24. The van der Waals surface area contributed by atoms with E-state index >= 15 is 0 Å². The molecule has 1 aliphatic rings. The highest BCUT2D eigenvalue weighted by Gasteiger charge is 2.41. The highest BCUT2D eigenvalue weighted by atomic mass is 35.5. The number of carbonyl (C=O) groups excluding carboxylic acids is 1. The molecule has 1 N–H and O–H groups in total. The second-order valence-electron chi connectivity index (χ2n) is 6.77. The van der Waals surface area contributed by atoms with Crippen molar-refractivity contribution in [2.24, 2.45) is 0 Å². The Bertz CT molecular complexity index is 980. The van der Waals surface area contributed by atoms with Crippen LogP contribution in [-0.4, -0.2) is 34.2 Å². The van der Waals surface area contributed by atoms with Crippen LogP contribution >= 0.6 is 11.6 Å². The first-order chi connectivity index (χ1) is 13.6. The number of rotatable bonds is 6. The maximum atomic E-state index is 13.0. The van der Waals surface area contributed by atoms with Crippen molar-refractivity contribution < 1.29 is 9.53 Å². The van der Waals surface area contributed by atoms with Gasteiger partial charge in [-0.15, -0.1) is 0 Å². The Kier molecular flexibility index (Phi) is 5.09. The second kappa shape index (κ2) is 7.68. The van der Waals surface area contributed by atoms with Gasteiger partial charge in [-0.05, 0) is 43.2 Å². The molecule has 5 nitrogen and oxygen atoms in total. The van der Waals surface area contributed by atoms with E-state index < -0.39 is 0 Å². The molecule has 1 atom stereocenters.